The van der Waals surface area contributed by atoms with Gasteiger partial charge < -0.3 is 14.2 Å². The first-order valence-corrected chi connectivity index (χ1v) is 9.04. The molecule has 2 aliphatic rings. The first-order chi connectivity index (χ1) is 12.3. The second kappa shape index (κ2) is 7.71. The number of fused-ring (bicyclic) bond motifs is 2. The van der Waals surface area contributed by atoms with Crippen LogP contribution in [-0.2, 0) is 27.4 Å². The zero-order valence-corrected chi connectivity index (χ0v) is 14.6. The van der Waals surface area contributed by atoms with Crippen LogP contribution in [0.25, 0.3) is 0 Å². The van der Waals surface area contributed by atoms with Crippen LogP contribution < -0.4 is 0 Å². The molecule has 130 valence electrons. The molecule has 2 aliphatic heterocycles. The van der Waals surface area contributed by atoms with Crippen molar-refractivity contribution in [2.24, 2.45) is 0 Å². The summed E-state index contributed by atoms with van der Waals surface area (Å²) in [5.41, 5.74) is 2.24. The lowest BCUT2D eigenvalue weighted by atomic mass is 10.0. The van der Waals surface area contributed by atoms with Gasteiger partial charge in [-0.3, -0.25) is 0 Å². The highest BCUT2D eigenvalue weighted by Crippen LogP contribution is 2.35. The number of benzene rings is 2. The maximum Gasteiger partial charge on any atom is 0.107 e. The van der Waals surface area contributed by atoms with E-state index in [2.05, 4.69) is 0 Å². The molecular weight excluding hydrogens is 336 g/mol. The Hall–Kier alpha value is -1.65. The van der Waals surface area contributed by atoms with Crippen molar-refractivity contribution in [3.63, 3.8) is 0 Å². The van der Waals surface area contributed by atoms with Gasteiger partial charge in [-0.2, -0.15) is 0 Å². The number of ether oxygens (including phenoxy) is 3. The molecule has 1 saturated heterocycles. The molecule has 2 aromatic carbocycles. The van der Waals surface area contributed by atoms with E-state index in [0.717, 1.165) is 11.1 Å². The van der Waals surface area contributed by atoms with Gasteiger partial charge in [0.1, 0.15) is 24.4 Å². The minimum absolute atomic E-state index is 0.104. The monoisotopic (exact) mass is 356 g/mol. The SMILES string of the molecule is ClC1[C@@H](OCc2ccccc2)[C@H]2C=C[C@H](O2)[C@H]1OCc1ccccc1. The van der Waals surface area contributed by atoms with Crippen LogP contribution >= 0.6 is 11.6 Å². The van der Waals surface area contributed by atoms with E-state index in [1.165, 1.54) is 0 Å². The highest BCUT2D eigenvalue weighted by Gasteiger charge is 2.47. The van der Waals surface area contributed by atoms with Crippen molar-refractivity contribution >= 4 is 11.6 Å². The quantitative estimate of drug-likeness (QED) is 0.576. The van der Waals surface area contributed by atoms with Crippen molar-refractivity contribution in [3.8, 4) is 0 Å². The van der Waals surface area contributed by atoms with E-state index in [4.69, 9.17) is 25.8 Å². The van der Waals surface area contributed by atoms with Crippen molar-refractivity contribution in [2.75, 3.05) is 0 Å². The highest BCUT2D eigenvalue weighted by atomic mass is 35.5. The molecule has 0 saturated carbocycles. The summed E-state index contributed by atoms with van der Waals surface area (Å²) in [4.78, 5) is 0. The van der Waals surface area contributed by atoms with Crippen molar-refractivity contribution in [1.29, 1.82) is 0 Å². The van der Waals surface area contributed by atoms with Gasteiger partial charge >= 0.3 is 0 Å². The van der Waals surface area contributed by atoms with Gasteiger partial charge in [-0.15, -0.1) is 11.6 Å². The van der Waals surface area contributed by atoms with Crippen LogP contribution in [-0.4, -0.2) is 29.8 Å². The van der Waals surface area contributed by atoms with Crippen LogP contribution in [0.2, 0.25) is 0 Å². The van der Waals surface area contributed by atoms with Crippen LogP contribution in [0.3, 0.4) is 0 Å². The van der Waals surface area contributed by atoms with Gasteiger partial charge in [0.05, 0.1) is 18.6 Å². The second-order valence-corrected chi connectivity index (χ2v) is 6.92. The molecule has 4 rings (SSSR count). The van der Waals surface area contributed by atoms with Gasteiger partial charge in [-0.05, 0) is 11.1 Å². The van der Waals surface area contributed by atoms with Gasteiger partial charge in [0.2, 0.25) is 0 Å². The standard InChI is InChI=1S/C21H21ClO3/c22-19-20(23-13-15-7-3-1-4-8-15)17-11-12-18(25-17)21(19)24-14-16-9-5-2-6-10-16/h1-12,17-21H,13-14H2/t17-,18+,19?,20+,21-. The third-order valence-corrected chi connectivity index (χ3v) is 5.15. The van der Waals surface area contributed by atoms with Gasteiger partial charge in [-0.25, -0.2) is 0 Å². The molecule has 25 heavy (non-hydrogen) atoms. The van der Waals surface area contributed by atoms with Gasteiger partial charge in [0.15, 0.2) is 0 Å². The van der Waals surface area contributed by atoms with E-state index >= 15 is 0 Å². The minimum Gasteiger partial charge on any atom is -0.369 e. The van der Waals surface area contributed by atoms with Gasteiger partial charge in [0, 0.05) is 0 Å². The van der Waals surface area contributed by atoms with Crippen molar-refractivity contribution in [2.45, 2.75) is 43.0 Å². The summed E-state index contributed by atoms with van der Waals surface area (Å²) in [5.74, 6) is 0. The molecule has 3 nitrogen and oxygen atoms in total. The zero-order valence-electron chi connectivity index (χ0n) is 13.8. The maximum absolute atomic E-state index is 6.74. The average Bonchev–Trinajstić information content (AvgIpc) is 3.09. The first-order valence-electron chi connectivity index (χ1n) is 8.60. The van der Waals surface area contributed by atoms with Crippen LogP contribution in [0.5, 0.6) is 0 Å². The summed E-state index contributed by atoms with van der Waals surface area (Å²) >= 11 is 6.74. The molecule has 0 spiro atoms. The molecule has 0 radical (unpaired) electrons. The molecule has 5 atom stereocenters. The normalized spacial score (nSPS) is 30.5. The Balaban J connectivity index is 1.41. The predicted octanol–water partition coefficient (Wildman–Crippen LogP) is 4.10. The molecule has 2 aromatic rings. The number of alkyl halides is 1. The van der Waals surface area contributed by atoms with Gasteiger partial charge in [0.25, 0.3) is 0 Å². The molecule has 2 heterocycles. The zero-order chi connectivity index (χ0) is 17.1. The number of rotatable bonds is 6. The van der Waals surface area contributed by atoms with Crippen molar-refractivity contribution in [3.05, 3.63) is 83.9 Å². The Kier molecular flexibility index (Phi) is 5.18. The lowest BCUT2D eigenvalue weighted by Gasteiger charge is -2.39. The summed E-state index contributed by atoms with van der Waals surface area (Å²) in [7, 11) is 0. The molecule has 1 unspecified atom stereocenters. The van der Waals surface area contributed by atoms with E-state index in [1.54, 1.807) is 0 Å². The van der Waals surface area contributed by atoms with Crippen LogP contribution in [0.1, 0.15) is 11.1 Å². The van der Waals surface area contributed by atoms with E-state index in [-0.39, 0.29) is 29.8 Å². The summed E-state index contributed by atoms with van der Waals surface area (Å²) in [6.07, 6.45) is 3.43. The summed E-state index contributed by atoms with van der Waals surface area (Å²) in [6.45, 7) is 1.02. The van der Waals surface area contributed by atoms with Crippen LogP contribution in [0.4, 0.5) is 0 Å². The number of halogens is 1. The minimum atomic E-state index is -0.258. The molecular formula is C21H21ClO3. The largest absolute Gasteiger partial charge is 0.369 e. The van der Waals surface area contributed by atoms with Crippen molar-refractivity contribution in [1.82, 2.24) is 0 Å². The highest BCUT2D eigenvalue weighted by molar-refractivity contribution is 6.21. The fraction of sp³-hybridized carbons (Fsp3) is 0.333. The topological polar surface area (TPSA) is 27.7 Å². The molecule has 2 bridgehead atoms. The van der Waals surface area contributed by atoms with Crippen molar-refractivity contribution < 1.29 is 14.2 Å². The molecule has 0 N–H and O–H groups in total. The molecule has 0 aromatic heterocycles. The first kappa shape index (κ1) is 16.8. The second-order valence-electron chi connectivity index (χ2n) is 6.42. The van der Waals surface area contributed by atoms with E-state index in [0.29, 0.717) is 13.2 Å². The summed E-state index contributed by atoms with van der Waals surface area (Å²) < 4.78 is 18.2. The lowest BCUT2D eigenvalue weighted by Crippen LogP contribution is -2.53. The van der Waals surface area contributed by atoms with Gasteiger partial charge in [-0.1, -0.05) is 72.8 Å². The fourth-order valence-electron chi connectivity index (χ4n) is 3.32. The third-order valence-electron chi connectivity index (χ3n) is 4.65. The maximum atomic E-state index is 6.74. The number of hydrogen-bond donors (Lipinski definition) is 0. The third kappa shape index (κ3) is 3.80. The molecule has 0 aliphatic carbocycles. The summed E-state index contributed by atoms with van der Waals surface area (Å²) in [6, 6.07) is 20.2. The Morgan fingerprint density at radius 1 is 0.720 bits per heavy atom. The van der Waals surface area contributed by atoms with Crippen LogP contribution in [0.15, 0.2) is 72.8 Å². The van der Waals surface area contributed by atoms with E-state index in [9.17, 15) is 0 Å². The molecule has 1 fully saturated rings. The molecule has 4 heteroatoms. The average molecular weight is 357 g/mol. The van der Waals surface area contributed by atoms with Crippen LogP contribution in [0, 0.1) is 0 Å². The Morgan fingerprint density at radius 3 is 1.60 bits per heavy atom. The Morgan fingerprint density at radius 2 is 1.16 bits per heavy atom. The fourth-order valence-corrected chi connectivity index (χ4v) is 3.75. The molecule has 0 amide bonds. The summed E-state index contributed by atoms with van der Waals surface area (Å²) in [5, 5.41) is -0.258. The lowest BCUT2D eigenvalue weighted by molar-refractivity contribution is -0.161. The Bertz CT molecular complexity index is 644. The number of hydrogen-bond acceptors (Lipinski definition) is 3. The predicted molar refractivity (Wildman–Crippen MR) is 97.5 cm³/mol. The smallest absolute Gasteiger partial charge is 0.107 e. The van der Waals surface area contributed by atoms with E-state index in [1.807, 2.05) is 72.8 Å². The van der Waals surface area contributed by atoms with E-state index < -0.39 is 0 Å². The Labute approximate surface area is 153 Å².